The smallest absolute Gasteiger partial charge is 0.124 e. The molecule has 2 aromatic rings. The van der Waals surface area contributed by atoms with Crippen LogP contribution in [0.3, 0.4) is 0 Å². The molecule has 1 aromatic heterocycles. The maximum absolute atomic E-state index is 5.94. The fraction of sp³-hybridized carbons (Fsp3) is 0.462. The second kappa shape index (κ2) is 5.52. The van der Waals surface area contributed by atoms with E-state index in [1.54, 1.807) is 7.11 Å². The molecule has 0 bridgehead atoms. The molecule has 4 heteroatoms. The van der Waals surface area contributed by atoms with E-state index in [1.807, 2.05) is 0 Å². The van der Waals surface area contributed by atoms with Gasteiger partial charge in [-0.25, -0.2) is 4.98 Å². The summed E-state index contributed by atoms with van der Waals surface area (Å²) in [7, 11) is 1.72. The van der Waals surface area contributed by atoms with E-state index < -0.39 is 0 Å². The number of ether oxygens (including phenoxy) is 1. The van der Waals surface area contributed by atoms with Gasteiger partial charge in [0, 0.05) is 20.3 Å². The molecule has 3 nitrogen and oxygen atoms in total. The molecule has 0 N–H and O–H groups in total. The van der Waals surface area contributed by atoms with E-state index in [0.29, 0.717) is 5.88 Å². The Morgan fingerprint density at radius 3 is 2.94 bits per heavy atom. The van der Waals surface area contributed by atoms with E-state index in [0.717, 1.165) is 36.4 Å². The van der Waals surface area contributed by atoms with Gasteiger partial charge in [-0.3, -0.25) is 0 Å². The minimum Gasteiger partial charge on any atom is -0.385 e. The van der Waals surface area contributed by atoms with Gasteiger partial charge in [0.2, 0.25) is 0 Å². The molecule has 0 spiro atoms. The van der Waals surface area contributed by atoms with E-state index >= 15 is 0 Å². The van der Waals surface area contributed by atoms with Crippen LogP contribution in [0, 0.1) is 6.92 Å². The summed E-state index contributed by atoms with van der Waals surface area (Å²) in [6.07, 6.45) is 0.972. The molecule has 92 valence electrons. The van der Waals surface area contributed by atoms with Gasteiger partial charge in [0.1, 0.15) is 5.82 Å². The van der Waals surface area contributed by atoms with Crippen LogP contribution >= 0.6 is 11.6 Å². The zero-order chi connectivity index (χ0) is 12.3. The van der Waals surface area contributed by atoms with Crippen molar-refractivity contribution in [1.29, 1.82) is 0 Å². The molecule has 0 aliphatic carbocycles. The second-order valence-electron chi connectivity index (χ2n) is 4.15. The van der Waals surface area contributed by atoms with Gasteiger partial charge in [0.05, 0.1) is 16.9 Å². The Bertz CT molecular complexity index is 507. The summed E-state index contributed by atoms with van der Waals surface area (Å²) < 4.78 is 7.26. The molecule has 17 heavy (non-hydrogen) atoms. The number of aryl methyl sites for hydroxylation is 2. The first-order valence-electron chi connectivity index (χ1n) is 5.77. The lowest BCUT2D eigenvalue weighted by molar-refractivity contribution is 0.190. The predicted molar refractivity (Wildman–Crippen MR) is 70.5 cm³/mol. The minimum atomic E-state index is 0.445. The van der Waals surface area contributed by atoms with Crippen LogP contribution < -0.4 is 0 Å². The molecule has 2 rings (SSSR count). The highest BCUT2D eigenvalue weighted by molar-refractivity contribution is 6.16. The normalized spacial score (nSPS) is 11.2. The van der Waals surface area contributed by atoms with Crippen molar-refractivity contribution in [1.82, 2.24) is 9.55 Å². The van der Waals surface area contributed by atoms with Gasteiger partial charge in [0.25, 0.3) is 0 Å². The van der Waals surface area contributed by atoms with Gasteiger partial charge >= 0.3 is 0 Å². The molecule has 0 amide bonds. The van der Waals surface area contributed by atoms with Crippen LogP contribution in [0.1, 0.15) is 17.8 Å². The monoisotopic (exact) mass is 252 g/mol. The summed E-state index contributed by atoms with van der Waals surface area (Å²) in [5, 5.41) is 0. The van der Waals surface area contributed by atoms with Crippen molar-refractivity contribution < 1.29 is 4.74 Å². The van der Waals surface area contributed by atoms with Crippen molar-refractivity contribution in [2.75, 3.05) is 13.7 Å². The zero-order valence-corrected chi connectivity index (χ0v) is 11.0. The molecule has 1 heterocycles. The lowest BCUT2D eigenvalue weighted by Gasteiger charge is -2.07. The average molecular weight is 253 g/mol. The van der Waals surface area contributed by atoms with Crippen molar-refractivity contribution in [3.05, 3.63) is 29.6 Å². The van der Waals surface area contributed by atoms with Crippen LogP contribution in [0.2, 0.25) is 0 Å². The van der Waals surface area contributed by atoms with Gasteiger partial charge in [-0.15, -0.1) is 11.6 Å². The number of fused-ring (bicyclic) bond motifs is 1. The van der Waals surface area contributed by atoms with E-state index in [-0.39, 0.29) is 0 Å². The van der Waals surface area contributed by atoms with Crippen LogP contribution in [-0.4, -0.2) is 23.3 Å². The number of benzene rings is 1. The van der Waals surface area contributed by atoms with Crippen molar-refractivity contribution >= 4 is 22.6 Å². The van der Waals surface area contributed by atoms with Gasteiger partial charge in [-0.1, -0.05) is 6.07 Å². The fourth-order valence-electron chi connectivity index (χ4n) is 2.01. The Morgan fingerprint density at radius 2 is 2.24 bits per heavy atom. The topological polar surface area (TPSA) is 27.1 Å². The summed E-state index contributed by atoms with van der Waals surface area (Å²) >= 11 is 5.94. The van der Waals surface area contributed by atoms with Crippen LogP contribution in [0.4, 0.5) is 0 Å². The number of hydrogen-bond acceptors (Lipinski definition) is 2. The number of methoxy groups -OCH3 is 1. The molecule has 0 radical (unpaired) electrons. The van der Waals surface area contributed by atoms with Gasteiger partial charge in [-0.05, 0) is 31.0 Å². The number of nitrogens with zero attached hydrogens (tertiary/aromatic N) is 2. The quantitative estimate of drug-likeness (QED) is 0.604. The summed E-state index contributed by atoms with van der Waals surface area (Å²) in [5.74, 6) is 1.38. The lowest BCUT2D eigenvalue weighted by atomic mass is 10.2. The molecule has 0 atom stereocenters. The molecule has 0 aliphatic heterocycles. The third-order valence-corrected chi connectivity index (χ3v) is 3.07. The Labute approximate surface area is 106 Å². The minimum absolute atomic E-state index is 0.445. The first kappa shape index (κ1) is 12.4. The van der Waals surface area contributed by atoms with Crippen LogP contribution in [0.25, 0.3) is 11.0 Å². The predicted octanol–water partition coefficient (Wildman–Crippen LogP) is 3.12. The zero-order valence-electron chi connectivity index (χ0n) is 10.2. The first-order valence-corrected chi connectivity index (χ1v) is 6.30. The van der Waals surface area contributed by atoms with E-state index in [9.17, 15) is 0 Å². The Kier molecular flexibility index (Phi) is 4.02. The van der Waals surface area contributed by atoms with Gasteiger partial charge in [0.15, 0.2) is 0 Å². The average Bonchev–Trinajstić information content (AvgIpc) is 2.67. The van der Waals surface area contributed by atoms with Crippen LogP contribution in [0.5, 0.6) is 0 Å². The number of alkyl halides is 1. The Morgan fingerprint density at radius 1 is 1.41 bits per heavy atom. The molecule has 0 saturated heterocycles. The second-order valence-corrected chi connectivity index (χ2v) is 4.42. The van der Waals surface area contributed by atoms with E-state index in [2.05, 4.69) is 34.7 Å². The maximum atomic E-state index is 5.94. The molecular formula is C13H17ClN2O. The van der Waals surface area contributed by atoms with Crippen molar-refractivity contribution in [3.63, 3.8) is 0 Å². The number of halogens is 1. The van der Waals surface area contributed by atoms with Crippen molar-refractivity contribution in [2.45, 2.75) is 25.8 Å². The summed E-state index contributed by atoms with van der Waals surface area (Å²) in [6, 6.07) is 6.31. The highest BCUT2D eigenvalue weighted by Crippen LogP contribution is 2.19. The SMILES string of the molecule is COCCCn1c(CCl)nc2cc(C)ccc21. The summed E-state index contributed by atoms with van der Waals surface area (Å²) in [4.78, 5) is 4.56. The molecular weight excluding hydrogens is 236 g/mol. The highest BCUT2D eigenvalue weighted by Gasteiger charge is 2.09. The largest absolute Gasteiger partial charge is 0.385 e. The van der Waals surface area contributed by atoms with Gasteiger partial charge < -0.3 is 9.30 Å². The molecule has 0 aliphatic rings. The van der Waals surface area contributed by atoms with Crippen molar-refractivity contribution in [3.8, 4) is 0 Å². The fourth-order valence-corrected chi connectivity index (χ4v) is 2.21. The number of hydrogen-bond donors (Lipinski definition) is 0. The van der Waals surface area contributed by atoms with E-state index in [1.165, 1.54) is 5.56 Å². The molecule has 0 unspecified atom stereocenters. The molecule has 1 aromatic carbocycles. The van der Waals surface area contributed by atoms with Gasteiger partial charge in [-0.2, -0.15) is 0 Å². The summed E-state index contributed by atoms with van der Waals surface area (Å²) in [5.41, 5.74) is 3.40. The Balaban J connectivity index is 2.36. The standard InChI is InChI=1S/C13H17ClN2O/c1-10-4-5-12-11(8-10)15-13(9-14)16(12)6-3-7-17-2/h4-5,8H,3,6-7,9H2,1-2H3. The third kappa shape index (κ3) is 2.61. The van der Waals surface area contributed by atoms with E-state index in [4.69, 9.17) is 16.3 Å². The molecule has 0 saturated carbocycles. The third-order valence-electron chi connectivity index (χ3n) is 2.83. The number of imidazole rings is 1. The Hall–Kier alpha value is -1.06. The van der Waals surface area contributed by atoms with Crippen LogP contribution in [0.15, 0.2) is 18.2 Å². The summed E-state index contributed by atoms with van der Waals surface area (Å²) in [6.45, 7) is 3.73. The lowest BCUT2D eigenvalue weighted by Crippen LogP contribution is -2.04. The van der Waals surface area contributed by atoms with Crippen LogP contribution in [-0.2, 0) is 17.2 Å². The highest BCUT2D eigenvalue weighted by atomic mass is 35.5. The van der Waals surface area contributed by atoms with Crippen molar-refractivity contribution in [2.24, 2.45) is 0 Å². The molecule has 0 fully saturated rings. The first-order chi connectivity index (χ1) is 8.26. The number of aromatic nitrogens is 2. The maximum Gasteiger partial charge on any atom is 0.124 e. The number of rotatable bonds is 5.